The lowest BCUT2D eigenvalue weighted by molar-refractivity contribution is -0.384. The van der Waals surface area contributed by atoms with Gasteiger partial charge in [-0.3, -0.25) is 14.9 Å². The average Bonchev–Trinajstić information content (AvgIpc) is 3.64. The first-order chi connectivity index (χ1) is 17.3. The fourth-order valence-corrected chi connectivity index (χ4v) is 6.32. The van der Waals surface area contributed by atoms with Crippen molar-refractivity contribution in [2.45, 2.75) is 41.9 Å². The predicted octanol–water partition coefficient (Wildman–Crippen LogP) is 2.76. The Morgan fingerprint density at radius 3 is 2.35 bits per heavy atom. The summed E-state index contributed by atoms with van der Waals surface area (Å²) in [6.07, 6.45) is -4.48. The Hall–Kier alpha value is -3.52. The van der Waals surface area contributed by atoms with Crippen molar-refractivity contribution in [1.82, 2.24) is 9.21 Å². The Morgan fingerprint density at radius 2 is 1.81 bits per heavy atom. The SMILES string of the molecule is COC(=O)[C@H](Cc1cccc(C(F)(F)F)c1)N1CCN(S(=O)(=O)c2ccc([N+](=O)[O-])cc2)C2(CC2)C1=O. The van der Waals surface area contributed by atoms with Crippen molar-refractivity contribution in [1.29, 1.82) is 0 Å². The van der Waals surface area contributed by atoms with Crippen LogP contribution >= 0.6 is 0 Å². The minimum Gasteiger partial charge on any atom is -0.467 e. The molecule has 2 aromatic rings. The van der Waals surface area contributed by atoms with Crippen LogP contribution in [-0.4, -0.2) is 66.2 Å². The summed E-state index contributed by atoms with van der Waals surface area (Å²) < 4.78 is 72.0. The van der Waals surface area contributed by atoms with Gasteiger partial charge in [-0.05, 0) is 36.6 Å². The molecule has 2 fully saturated rings. The molecule has 14 heteroatoms. The van der Waals surface area contributed by atoms with E-state index in [9.17, 15) is 41.3 Å². The maximum absolute atomic E-state index is 13.6. The third kappa shape index (κ3) is 4.90. The van der Waals surface area contributed by atoms with E-state index in [1.54, 1.807) is 0 Å². The predicted molar refractivity (Wildman–Crippen MR) is 122 cm³/mol. The number of ether oxygens (including phenoxy) is 1. The zero-order valence-electron chi connectivity index (χ0n) is 19.5. The second-order valence-corrected chi connectivity index (χ2v) is 10.7. The Balaban J connectivity index is 1.61. The van der Waals surface area contributed by atoms with Gasteiger partial charge in [0.2, 0.25) is 15.9 Å². The number of nitro benzene ring substituents is 1. The summed E-state index contributed by atoms with van der Waals surface area (Å²) in [6.45, 7) is -0.382. The van der Waals surface area contributed by atoms with Crippen LogP contribution in [0.4, 0.5) is 18.9 Å². The van der Waals surface area contributed by atoms with Crippen molar-refractivity contribution in [2.24, 2.45) is 0 Å². The number of halogens is 3. The van der Waals surface area contributed by atoms with Crippen molar-refractivity contribution < 1.29 is 40.8 Å². The van der Waals surface area contributed by atoms with E-state index in [0.717, 1.165) is 47.8 Å². The lowest BCUT2D eigenvalue weighted by Gasteiger charge is -2.42. The first kappa shape index (κ1) is 26.5. The van der Waals surface area contributed by atoms with Crippen LogP contribution in [0.25, 0.3) is 0 Å². The molecule has 1 saturated heterocycles. The number of alkyl halides is 3. The second-order valence-electron chi connectivity index (χ2n) is 8.80. The molecule has 1 amide bonds. The number of nitrogens with zero attached hydrogens (tertiary/aromatic N) is 3. The number of esters is 1. The van der Waals surface area contributed by atoms with Gasteiger partial charge >= 0.3 is 12.1 Å². The number of benzene rings is 2. The number of non-ortho nitro benzene ring substituents is 1. The van der Waals surface area contributed by atoms with Crippen LogP contribution < -0.4 is 0 Å². The molecule has 1 aliphatic heterocycles. The average molecular weight is 542 g/mol. The topological polar surface area (TPSA) is 127 Å². The van der Waals surface area contributed by atoms with Crippen molar-refractivity contribution in [3.8, 4) is 0 Å². The largest absolute Gasteiger partial charge is 0.467 e. The molecule has 1 saturated carbocycles. The summed E-state index contributed by atoms with van der Waals surface area (Å²) in [5.74, 6) is -1.49. The van der Waals surface area contributed by atoms with Crippen molar-refractivity contribution in [2.75, 3.05) is 20.2 Å². The molecule has 2 aliphatic rings. The van der Waals surface area contributed by atoms with Gasteiger partial charge in [-0.25, -0.2) is 13.2 Å². The number of methoxy groups -OCH3 is 1. The molecule has 0 radical (unpaired) electrons. The van der Waals surface area contributed by atoms with Crippen molar-refractivity contribution in [3.05, 3.63) is 69.8 Å². The highest BCUT2D eigenvalue weighted by Gasteiger charge is 2.63. The summed E-state index contributed by atoms with van der Waals surface area (Å²) in [4.78, 5) is 37.4. The van der Waals surface area contributed by atoms with Crippen LogP contribution in [0.1, 0.15) is 24.0 Å². The number of carbonyl (C=O) groups excluding carboxylic acids is 2. The Kier molecular flexibility index (Phi) is 6.75. The summed E-state index contributed by atoms with van der Waals surface area (Å²) >= 11 is 0. The summed E-state index contributed by atoms with van der Waals surface area (Å²) in [5.41, 5.74) is -2.49. The van der Waals surface area contributed by atoms with Crippen LogP contribution in [0.2, 0.25) is 0 Å². The molecule has 2 aromatic carbocycles. The highest BCUT2D eigenvalue weighted by Crippen LogP contribution is 2.48. The van der Waals surface area contributed by atoms with Gasteiger partial charge < -0.3 is 9.64 Å². The molecule has 10 nitrogen and oxygen atoms in total. The first-order valence-corrected chi connectivity index (χ1v) is 12.6. The van der Waals surface area contributed by atoms with Gasteiger partial charge in [0.1, 0.15) is 11.6 Å². The number of amides is 1. The van der Waals surface area contributed by atoms with E-state index in [1.807, 2.05) is 0 Å². The lowest BCUT2D eigenvalue weighted by atomic mass is 10.00. The molecule has 1 heterocycles. The van der Waals surface area contributed by atoms with Crippen LogP contribution in [0.3, 0.4) is 0 Å². The van der Waals surface area contributed by atoms with E-state index in [-0.39, 0.29) is 48.5 Å². The quantitative estimate of drug-likeness (QED) is 0.300. The number of rotatable bonds is 7. The number of hydrogen-bond acceptors (Lipinski definition) is 7. The van der Waals surface area contributed by atoms with Gasteiger partial charge in [0.05, 0.1) is 22.5 Å². The maximum Gasteiger partial charge on any atom is 0.416 e. The van der Waals surface area contributed by atoms with E-state index < -0.39 is 50.1 Å². The molecule has 0 N–H and O–H groups in total. The monoisotopic (exact) mass is 541 g/mol. The lowest BCUT2D eigenvalue weighted by Crippen LogP contribution is -2.64. The third-order valence-electron chi connectivity index (χ3n) is 6.57. The van der Waals surface area contributed by atoms with E-state index in [1.165, 1.54) is 17.0 Å². The summed E-state index contributed by atoms with van der Waals surface area (Å²) in [7, 11) is -3.12. The number of carbonyl (C=O) groups is 2. The number of hydrogen-bond donors (Lipinski definition) is 0. The highest BCUT2D eigenvalue weighted by molar-refractivity contribution is 7.89. The number of nitro groups is 1. The van der Waals surface area contributed by atoms with Gasteiger partial charge in [-0.15, -0.1) is 0 Å². The molecule has 0 unspecified atom stereocenters. The first-order valence-electron chi connectivity index (χ1n) is 11.1. The number of sulfonamides is 1. The molecule has 0 aromatic heterocycles. The summed E-state index contributed by atoms with van der Waals surface area (Å²) in [6, 6.07) is 7.40. The van der Waals surface area contributed by atoms with E-state index in [4.69, 9.17) is 4.74 Å². The standard InChI is InChI=1S/C23H22F3N3O7S/c1-36-20(30)19(14-15-3-2-4-16(13-15)23(24,25)26)27-11-12-28(22(9-10-22)21(27)31)37(34,35)18-7-5-17(6-8-18)29(32)33/h2-8,13,19H,9-12,14H2,1H3/t19-/m0/s1. The normalized spacial score (nSPS) is 18.5. The van der Waals surface area contributed by atoms with Crippen LogP contribution in [0, 0.1) is 10.1 Å². The molecule has 4 rings (SSSR count). The van der Waals surface area contributed by atoms with Crippen LogP contribution in [-0.2, 0) is 36.9 Å². The second kappa shape index (κ2) is 9.41. The third-order valence-corrected chi connectivity index (χ3v) is 8.55. The Morgan fingerprint density at radius 1 is 1.16 bits per heavy atom. The maximum atomic E-state index is 13.6. The highest BCUT2D eigenvalue weighted by atomic mass is 32.2. The van der Waals surface area contributed by atoms with E-state index in [0.29, 0.717) is 0 Å². The van der Waals surface area contributed by atoms with Gasteiger partial charge in [0.15, 0.2) is 0 Å². The molecule has 198 valence electrons. The molecular weight excluding hydrogens is 519 g/mol. The van der Waals surface area contributed by atoms with Gasteiger partial charge in [-0.2, -0.15) is 17.5 Å². The van der Waals surface area contributed by atoms with E-state index in [2.05, 4.69) is 0 Å². The minimum atomic E-state index is -4.59. The van der Waals surface area contributed by atoms with Crippen LogP contribution in [0.5, 0.6) is 0 Å². The zero-order valence-corrected chi connectivity index (χ0v) is 20.3. The molecule has 37 heavy (non-hydrogen) atoms. The zero-order chi connectivity index (χ0) is 27.2. The smallest absolute Gasteiger partial charge is 0.416 e. The minimum absolute atomic E-state index is 0.156. The summed E-state index contributed by atoms with van der Waals surface area (Å²) in [5, 5.41) is 10.9. The molecule has 1 spiro atoms. The van der Waals surface area contributed by atoms with Crippen LogP contribution in [0.15, 0.2) is 53.4 Å². The molecule has 1 aliphatic carbocycles. The molecule has 1 atom stereocenters. The Labute approximate surface area is 209 Å². The van der Waals surface area contributed by atoms with E-state index >= 15 is 0 Å². The fourth-order valence-electron chi connectivity index (χ4n) is 4.54. The Bertz CT molecular complexity index is 1340. The number of piperazine rings is 1. The molecule has 0 bridgehead atoms. The fraction of sp³-hybridized carbons (Fsp3) is 0.391. The van der Waals surface area contributed by atoms with Crippen molar-refractivity contribution >= 4 is 27.6 Å². The van der Waals surface area contributed by atoms with Gasteiger partial charge in [-0.1, -0.05) is 18.2 Å². The van der Waals surface area contributed by atoms with Gasteiger partial charge in [0, 0.05) is 31.6 Å². The van der Waals surface area contributed by atoms with Crippen molar-refractivity contribution in [3.63, 3.8) is 0 Å². The molecular formula is C23H22F3N3O7S. The van der Waals surface area contributed by atoms with Gasteiger partial charge in [0.25, 0.3) is 5.69 Å².